The van der Waals surface area contributed by atoms with Gasteiger partial charge in [0.15, 0.2) is 0 Å². The maximum absolute atomic E-state index is 6.03. The van der Waals surface area contributed by atoms with Crippen LogP contribution in [0.4, 0.5) is 0 Å². The first-order valence-corrected chi connectivity index (χ1v) is 7.79. The third kappa shape index (κ3) is 5.58. The van der Waals surface area contributed by atoms with Crippen LogP contribution in [0.2, 0.25) is 10.0 Å². The Morgan fingerprint density at radius 1 is 1.05 bits per heavy atom. The fraction of sp³-hybridized carbons (Fsp3) is 0.294. The first-order chi connectivity index (χ1) is 10.2. The first kappa shape index (κ1) is 16.2. The van der Waals surface area contributed by atoms with E-state index in [1.807, 2.05) is 42.5 Å². The van der Waals surface area contributed by atoms with Gasteiger partial charge in [0.1, 0.15) is 12.4 Å². The Kier molecular flexibility index (Phi) is 6.37. The molecule has 21 heavy (non-hydrogen) atoms. The lowest BCUT2D eigenvalue weighted by atomic mass is 10.1. The van der Waals surface area contributed by atoms with E-state index < -0.39 is 0 Å². The van der Waals surface area contributed by atoms with Gasteiger partial charge >= 0.3 is 0 Å². The fourth-order valence-corrected chi connectivity index (χ4v) is 2.57. The van der Waals surface area contributed by atoms with Gasteiger partial charge in [-0.1, -0.05) is 48.3 Å². The third-order valence-corrected chi connectivity index (χ3v) is 3.58. The molecule has 0 radical (unpaired) electrons. The van der Waals surface area contributed by atoms with Gasteiger partial charge in [0.2, 0.25) is 0 Å². The van der Waals surface area contributed by atoms with E-state index in [0.717, 1.165) is 23.7 Å². The molecule has 2 aromatic carbocycles. The maximum Gasteiger partial charge on any atom is 0.120 e. The van der Waals surface area contributed by atoms with Crippen LogP contribution >= 0.6 is 23.2 Å². The van der Waals surface area contributed by atoms with Gasteiger partial charge in [0, 0.05) is 16.1 Å². The minimum absolute atomic E-state index is 0.229. The predicted molar refractivity (Wildman–Crippen MR) is 89.6 cm³/mol. The number of hydrogen-bond donors (Lipinski definition) is 1. The molecular formula is C17H19Cl2NO. The zero-order valence-electron chi connectivity index (χ0n) is 12.0. The summed E-state index contributed by atoms with van der Waals surface area (Å²) >= 11 is 12.0. The van der Waals surface area contributed by atoms with Crippen molar-refractivity contribution in [2.45, 2.75) is 19.4 Å². The fourth-order valence-electron chi connectivity index (χ4n) is 2.18. The van der Waals surface area contributed by atoms with E-state index in [0.29, 0.717) is 11.6 Å². The van der Waals surface area contributed by atoms with E-state index in [1.54, 1.807) is 0 Å². The molecule has 4 heteroatoms. The number of nitrogens with one attached hydrogen (secondary N) is 1. The van der Waals surface area contributed by atoms with Gasteiger partial charge in [-0.05, 0) is 48.9 Å². The monoisotopic (exact) mass is 323 g/mol. The van der Waals surface area contributed by atoms with Crippen LogP contribution in [0.5, 0.6) is 5.75 Å². The molecule has 0 amide bonds. The number of hydrogen-bond acceptors (Lipinski definition) is 2. The molecule has 2 nitrogen and oxygen atoms in total. The number of ether oxygens (including phenoxy) is 1. The van der Waals surface area contributed by atoms with Crippen molar-refractivity contribution in [3.8, 4) is 5.75 Å². The normalized spacial score (nSPS) is 12.1. The van der Waals surface area contributed by atoms with E-state index in [2.05, 4.69) is 18.3 Å². The Hall–Kier alpha value is -1.22. The zero-order chi connectivity index (χ0) is 15.1. The van der Waals surface area contributed by atoms with E-state index in [4.69, 9.17) is 27.9 Å². The van der Waals surface area contributed by atoms with Crippen molar-refractivity contribution in [1.82, 2.24) is 5.32 Å². The number of halogens is 2. The summed E-state index contributed by atoms with van der Waals surface area (Å²) in [5.41, 5.74) is 1.20. The summed E-state index contributed by atoms with van der Waals surface area (Å²) in [7, 11) is 0. The van der Waals surface area contributed by atoms with Crippen LogP contribution in [-0.2, 0) is 6.42 Å². The van der Waals surface area contributed by atoms with E-state index in [1.165, 1.54) is 5.56 Å². The SMILES string of the molecule is CCNC(COc1cccc(Cl)c1)Cc1cccc(Cl)c1. The Labute approximate surface area is 136 Å². The maximum atomic E-state index is 6.03. The van der Waals surface area contributed by atoms with Crippen molar-refractivity contribution in [2.24, 2.45) is 0 Å². The highest BCUT2D eigenvalue weighted by Crippen LogP contribution is 2.18. The number of benzene rings is 2. The molecule has 1 N–H and O–H groups in total. The molecule has 2 aromatic rings. The molecule has 0 aliphatic heterocycles. The molecule has 0 aliphatic rings. The van der Waals surface area contributed by atoms with E-state index in [-0.39, 0.29) is 6.04 Å². The van der Waals surface area contributed by atoms with Gasteiger partial charge in [-0.15, -0.1) is 0 Å². The Bertz CT molecular complexity index is 574. The third-order valence-electron chi connectivity index (χ3n) is 3.11. The van der Waals surface area contributed by atoms with Crippen LogP contribution in [0.3, 0.4) is 0 Å². The van der Waals surface area contributed by atoms with Gasteiger partial charge in [-0.2, -0.15) is 0 Å². The molecule has 0 bridgehead atoms. The Morgan fingerprint density at radius 3 is 2.43 bits per heavy atom. The highest BCUT2D eigenvalue weighted by atomic mass is 35.5. The van der Waals surface area contributed by atoms with Crippen LogP contribution in [0.1, 0.15) is 12.5 Å². The quantitative estimate of drug-likeness (QED) is 0.804. The van der Waals surface area contributed by atoms with Gasteiger partial charge in [-0.25, -0.2) is 0 Å². The van der Waals surface area contributed by atoms with Crippen LogP contribution in [-0.4, -0.2) is 19.2 Å². The van der Waals surface area contributed by atoms with Crippen molar-refractivity contribution >= 4 is 23.2 Å². The van der Waals surface area contributed by atoms with Crippen molar-refractivity contribution in [1.29, 1.82) is 0 Å². The second-order valence-corrected chi connectivity index (χ2v) is 5.73. The minimum Gasteiger partial charge on any atom is -0.492 e. The molecule has 1 unspecified atom stereocenters. The summed E-state index contributed by atoms with van der Waals surface area (Å²) in [5.74, 6) is 0.788. The lowest BCUT2D eigenvalue weighted by Crippen LogP contribution is -2.36. The second-order valence-electron chi connectivity index (χ2n) is 4.86. The van der Waals surface area contributed by atoms with Gasteiger partial charge < -0.3 is 10.1 Å². The Morgan fingerprint density at radius 2 is 1.76 bits per heavy atom. The van der Waals surface area contributed by atoms with E-state index in [9.17, 15) is 0 Å². The smallest absolute Gasteiger partial charge is 0.120 e. The number of likely N-dealkylation sites (N-methyl/N-ethyl adjacent to an activating group) is 1. The summed E-state index contributed by atoms with van der Waals surface area (Å²) in [6.45, 7) is 3.56. The lowest BCUT2D eigenvalue weighted by molar-refractivity contribution is 0.265. The van der Waals surface area contributed by atoms with Gasteiger partial charge in [0.05, 0.1) is 0 Å². The zero-order valence-corrected chi connectivity index (χ0v) is 13.5. The van der Waals surface area contributed by atoms with Crippen LogP contribution in [0, 0.1) is 0 Å². The first-order valence-electron chi connectivity index (χ1n) is 7.03. The molecule has 1 atom stereocenters. The highest BCUT2D eigenvalue weighted by Gasteiger charge is 2.10. The summed E-state index contributed by atoms with van der Waals surface area (Å²) < 4.78 is 5.82. The molecule has 0 saturated carbocycles. The average Bonchev–Trinajstić information content (AvgIpc) is 2.45. The average molecular weight is 324 g/mol. The predicted octanol–water partition coefficient (Wildman–Crippen LogP) is 4.59. The standard InChI is InChI=1S/C17H19Cl2NO/c1-2-20-16(10-13-5-3-6-14(18)9-13)12-21-17-8-4-7-15(19)11-17/h3-9,11,16,20H,2,10,12H2,1H3. The Balaban J connectivity index is 1.95. The molecule has 0 aromatic heterocycles. The van der Waals surface area contributed by atoms with Crippen molar-refractivity contribution in [3.05, 3.63) is 64.1 Å². The second kappa shape index (κ2) is 8.28. The topological polar surface area (TPSA) is 21.3 Å². The van der Waals surface area contributed by atoms with Crippen LogP contribution < -0.4 is 10.1 Å². The van der Waals surface area contributed by atoms with Gasteiger partial charge in [0.25, 0.3) is 0 Å². The van der Waals surface area contributed by atoms with Crippen molar-refractivity contribution < 1.29 is 4.74 Å². The molecule has 0 spiro atoms. The molecule has 112 valence electrons. The van der Waals surface area contributed by atoms with Crippen molar-refractivity contribution in [2.75, 3.05) is 13.2 Å². The molecule has 0 aliphatic carbocycles. The summed E-state index contributed by atoms with van der Waals surface area (Å²) in [4.78, 5) is 0. The highest BCUT2D eigenvalue weighted by molar-refractivity contribution is 6.30. The summed E-state index contributed by atoms with van der Waals surface area (Å²) in [5, 5.41) is 4.88. The molecule has 0 fully saturated rings. The summed E-state index contributed by atoms with van der Waals surface area (Å²) in [6, 6.07) is 15.6. The van der Waals surface area contributed by atoms with E-state index >= 15 is 0 Å². The largest absolute Gasteiger partial charge is 0.492 e. The van der Waals surface area contributed by atoms with Crippen LogP contribution in [0.15, 0.2) is 48.5 Å². The van der Waals surface area contributed by atoms with Gasteiger partial charge in [-0.3, -0.25) is 0 Å². The van der Waals surface area contributed by atoms with Crippen molar-refractivity contribution in [3.63, 3.8) is 0 Å². The number of rotatable bonds is 7. The lowest BCUT2D eigenvalue weighted by Gasteiger charge is -2.19. The summed E-state index contributed by atoms with van der Waals surface area (Å²) in [6.07, 6.45) is 0.870. The molecular weight excluding hydrogens is 305 g/mol. The minimum atomic E-state index is 0.229. The molecule has 0 heterocycles. The molecule has 0 saturated heterocycles. The molecule has 2 rings (SSSR count). The van der Waals surface area contributed by atoms with Crippen LogP contribution in [0.25, 0.3) is 0 Å².